The molecular weight excluding hydrogens is 478 g/mol. The Balaban J connectivity index is 1.58. The van der Waals surface area contributed by atoms with Crippen LogP contribution in [0.5, 0.6) is 0 Å². The van der Waals surface area contributed by atoms with Gasteiger partial charge in [-0.1, -0.05) is 5.16 Å². The van der Waals surface area contributed by atoms with E-state index in [0.717, 1.165) is 11.3 Å². The average molecular weight is 500 g/mol. The minimum Gasteiger partial charge on any atom is -0.426 e. The molecule has 2 atom stereocenters. The highest BCUT2D eigenvalue weighted by Crippen LogP contribution is 2.37. The van der Waals surface area contributed by atoms with E-state index >= 15 is 0 Å². The largest absolute Gasteiger partial charge is 0.426 e. The van der Waals surface area contributed by atoms with Gasteiger partial charge in [-0.05, 0) is 19.9 Å². The van der Waals surface area contributed by atoms with Gasteiger partial charge in [0.05, 0.1) is 0 Å². The predicted octanol–water partition coefficient (Wildman–Crippen LogP) is -0.344. The molecule has 0 spiro atoms. The molecule has 0 aromatic carbocycles. The zero-order valence-electron chi connectivity index (χ0n) is 17.8. The van der Waals surface area contributed by atoms with Crippen molar-refractivity contribution in [3.63, 3.8) is 0 Å². The van der Waals surface area contributed by atoms with Crippen molar-refractivity contribution < 1.29 is 38.6 Å². The topological polar surface area (TPSA) is 183 Å². The van der Waals surface area contributed by atoms with Gasteiger partial charge in [0.15, 0.2) is 16.4 Å². The molecule has 1 saturated heterocycles. The quantitative estimate of drug-likeness (QED) is 0.106. The highest BCUT2D eigenvalue weighted by Gasteiger charge is 2.53. The van der Waals surface area contributed by atoms with Crippen LogP contribution < -0.4 is 11.1 Å². The van der Waals surface area contributed by atoms with Crippen molar-refractivity contribution in [1.29, 1.82) is 0 Å². The Kier molecular flexibility index (Phi) is 7.24. The number of esters is 2. The van der Waals surface area contributed by atoms with Gasteiger partial charge in [0.2, 0.25) is 6.79 Å². The number of thioether (sulfide) groups is 1. The van der Waals surface area contributed by atoms with Crippen LogP contribution in [0, 0.1) is 0 Å². The van der Waals surface area contributed by atoms with Gasteiger partial charge in [-0.25, -0.2) is 14.6 Å². The van der Waals surface area contributed by atoms with Gasteiger partial charge in [0.1, 0.15) is 22.8 Å². The number of rotatable bonds is 8. The summed E-state index contributed by atoms with van der Waals surface area (Å²) in [6.07, 6.45) is 1.50. The third-order valence-electron chi connectivity index (χ3n) is 4.80. The predicted molar refractivity (Wildman–Crippen MR) is 116 cm³/mol. The number of nitrogen functional groups attached to an aromatic ring is 1. The molecule has 3 rings (SSSR count). The molecular formula is C18H21N5O8S2. The van der Waals surface area contributed by atoms with Gasteiger partial charge >= 0.3 is 11.9 Å². The van der Waals surface area contributed by atoms with Crippen molar-refractivity contribution in [3.8, 4) is 0 Å². The highest BCUT2D eigenvalue weighted by atomic mass is 32.2. The van der Waals surface area contributed by atoms with Crippen molar-refractivity contribution >= 4 is 57.7 Å². The summed E-state index contributed by atoms with van der Waals surface area (Å²) in [5.41, 5.74) is 3.96. The molecule has 2 aliphatic heterocycles. The molecule has 2 aliphatic rings. The summed E-state index contributed by atoms with van der Waals surface area (Å²) in [7, 11) is 1.34. The first-order valence-electron chi connectivity index (χ1n) is 9.39. The Labute approximate surface area is 195 Å². The van der Waals surface area contributed by atoms with Crippen LogP contribution in [0.1, 0.15) is 19.5 Å². The van der Waals surface area contributed by atoms with E-state index in [9.17, 15) is 24.4 Å². The molecule has 13 nitrogen and oxygen atoms in total. The summed E-state index contributed by atoms with van der Waals surface area (Å²) in [4.78, 5) is 54.5. The number of amides is 2. The van der Waals surface area contributed by atoms with Crippen LogP contribution in [0.25, 0.3) is 0 Å². The molecule has 4 N–H and O–H groups in total. The van der Waals surface area contributed by atoms with Crippen molar-refractivity contribution in [2.45, 2.75) is 30.9 Å². The number of thiazole rings is 1. The number of ether oxygens (including phenoxy) is 3. The maximum Gasteiger partial charge on any atom is 0.357 e. The number of nitrogens with one attached hydrogen (secondary N) is 1. The standard InChI is InChI=1S/C18H21N5O8S2/c1-18(2,29-3)16(27)31-7-30-15(26)9-4-5-32-14-11(13(25)23(9)14)21-12(24)10(22-28)8-6-33-17(19)20-8/h4,6,11,14,28H,5,7H2,1-3H3,(H2,19,20)(H,21,24)/t11?,14-/m1/s1. The lowest BCUT2D eigenvalue weighted by Gasteiger charge is -2.48. The zero-order valence-corrected chi connectivity index (χ0v) is 19.4. The second-order valence-corrected chi connectivity index (χ2v) is 9.23. The van der Waals surface area contributed by atoms with Crippen LogP contribution in [0.15, 0.2) is 22.3 Å². The SMILES string of the molecule is COC(C)(C)C(=O)OCOC(=O)C1=CCS[C@@H]2C(NC(=O)C(=NO)c3csc(N)n3)C(=O)N12. The van der Waals surface area contributed by atoms with Crippen LogP contribution in [-0.4, -0.2) is 81.2 Å². The fourth-order valence-electron chi connectivity index (χ4n) is 2.82. The van der Waals surface area contributed by atoms with Crippen molar-refractivity contribution in [2.24, 2.45) is 5.16 Å². The van der Waals surface area contributed by atoms with Crippen LogP contribution in [-0.2, 0) is 33.4 Å². The van der Waals surface area contributed by atoms with E-state index in [4.69, 9.17) is 19.9 Å². The lowest BCUT2D eigenvalue weighted by atomic mass is 10.0. The Morgan fingerprint density at radius 1 is 1.39 bits per heavy atom. The maximum atomic E-state index is 12.7. The molecule has 33 heavy (non-hydrogen) atoms. The third-order valence-corrected chi connectivity index (χ3v) is 6.66. The molecule has 0 bridgehead atoms. The number of hydrogen-bond donors (Lipinski definition) is 3. The number of methoxy groups -OCH3 is 1. The van der Waals surface area contributed by atoms with Crippen molar-refractivity contribution in [3.05, 3.63) is 22.8 Å². The summed E-state index contributed by atoms with van der Waals surface area (Å²) in [6, 6.07) is -0.966. The van der Waals surface area contributed by atoms with Gasteiger partial charge in [0, 0.05) is 18.2 Å². The smallest absolute Gasteiger partial charge is 0.357 e. The number of fused-ring (bicyclic) bond motifs is 1. The molecule has 1 unspecified atom stereocenters. The number of carbonyl (C=O) groups is 4. The second-order valence-electron chi connectivity index (χ2n) is 7.19. The van der Waals surface area contributed by atoms with E-state index in [0.29, 0.717) is 5.75 Å². The Bertz CT molecular complexity index is 1040. The molecule has 1 aromatic rings. The van der Waals surface area contributed by atoms with Crippen LogP contribution >= 0.6 is 23.1 Å². The van der Waals surface area contributed by atoms with E-state index < -0.39 is 53.3 Å². The normalized spacial score (nSPS) is 20.3. The molecule has 15 heteroatoms. The second kappa shape index (κ2) is 9.76. The van der Waals surface area contributed by atoms with E-state index in [2.05, 4.69) is 15.5 Å². The Hall–Kier alpha value is -3.17. The number of oxime groups is 1. The average Bonchev–Trinajstić information content (AvgIpc) is 3.22. The Morgan fingerprint density at radius 3 is 2.73 bits per heavy atom. The summed E-state index contributed by atoms with van der Waals surface area (Å²) in [6.45, 7) is 2.33. The molecule has 1 fully saturated rings. The zero-order chi connectivity index (χ0) is 24.3. The summed E-state index contributed by atoms with van der Waals surface area (Å²) < 4.78 is 14.8. The fraction of sp³-hybridized carbons (Fsp3) is 0.444. The number of carbonyl (C=O) groups excluding carboxylic acids is 4. The number of nitrogens with zero attached hydrogens (tertiary/aromatic N) is 3. The number of aromatic nitrogens is 1. The first-order valence-corrected chi connectivity index (χ1v) is 11.3. The molecule has 0 aliphatic carbocycles. The summed E-state index contributed by atoms with van der Waals surface area (Å²) >= 11 is 2.37. The van der Waals surface area contributed by atoms with Gasteiger partial charge in [-0.2, -0.15) is 0 Å². The maximum absolute atomic E-state index is 12.7. The number of nitrogens with two attached hydrogens (primary N) is 1. The minimum atomic E-state index is -1.21. The lowest BCUT2D eigenvalue weighted by molar-refractivity contribution is -0.181. The molecule has 0 saturated carbocycles. The first kappa shape index (κ1) is 24.5. The molecule has 178 valence electrons. The lowest BCUT2D eigenvalue weighted by Crippen LogP contribution is -2.70. The summed E-state index contributed by atoms with van der Waals surface area (Å²) in [5, 5.41) is 15.7. The highest BCUT2D eigenvalue weighted by molar-refractivity contribution is 8.00. The number of β-lactam (4-membered cyclic amide) rings is 1. The van der Waals surface area contributed by atoms with Crippen LogP contribution in [0.2, 0.25) is 0 Å². The Morgan fingerprint density at radius 2 is 2.12 bits per heavy atom. The van der Waals surface area contributed by atoms with Crippen LogP contribution in [0.4, 0.5) is 5.13 Å². The monoisotopic (exact) mass is 499 g/mol. The molecule has 0 radical (unpaired) electrons. The fourth-order valence-corrected chi connectivity index (χ4v) is 4.56. The third kappa shape index (κ3) is 4.94. The van der Waals surface area contributed by atoms with Crippen molar-refractivity contribution in [1.82, 2.24) is 15.2 Å². The minimum absolute atomic E-state index is 0.0281. The molecule has 2 amide bonds. The van der Waals surface area contributed by atoms with Gasteiger partial charge < -0.3 is 30.5 Å². The number of hydrogen-bond acceptors (Lipinski definition) is 13. The summed E-state index contributed by atoms with van der Waals surface area (Å²) in [5.74, 6) is -2.61. The van der Waals surface area contributed by atoms with Crippen molar-refractivity contribution in [2.75, 3.05) is 25.4 Å². The van der Waals surface area contributed by atoms with E-state index in [1.165, 1.54) is 49.1 Å². The molecule has 3 heterocycles. The van der Waals surface area contributed by atoms with E-state index in [-0.39, 0.29) is 16.5 Å². The number of anilines is 1. The van der Waals surface area contributed by atoms with Gasteiger partial charge in [0.25, 0.3) is 11.8 Å². The van der Waals surface area contributed by atoms with Gasteiger partial charge in [-0.3, -0.25) is 14.5 Å². The van der Waals surface area contributed by atoms with Crippen LogP contribution in [0.3, 0.4) is 0 Å². The molecule has 1 aromatic heterocycles. The first-order chi connectivity index (χ1) is 15.6. The van der Waals surface area contributed by atoms with E-state index in [1.807, 2.05) is 0 Å². The van der Waals surface area contributed by atoms with E-state index in [1.54, 1.807) is 0 Å². The van der Waals surface area contributed by atoms with Gasteiger partial charge in [-0.15, -0.1) is 23.1 Å².